The summed E-state index contributed by atoms with van der Waals surface area (Å²) in [5, 5.41) is 73.2. The van der Waals surface area contributed by atoms with Gasteiger partial charge in [0.1, 0.15) is 5.76 Å². The Morgan fingerprint density at radius 2 is 0.963 bits per heavy atom. The van der Waals surface area contributed by atoms with Crippen LogP contribution in [0.1, 0.15) is 194 Å². The van der Waals surface area contributed by atoms with Gasteiger partial charge in [-0.05, 0) is 140 Å². The molecule has 7 aliphatic rings. The molecule has 2 heterocycles. The number of likely N-dealkylation sites (tertiary alicyclic amines) is 2. The highest BCUT2D eigenvalue weighted by molar-refractivity contribution is 5.71. The first-order chi connectivity index (χ1) is 37.5. The average molecular weight is 1150 g/mol. The number of allylic oxidation sites excluding steroid dienone is 2. The maximum Gasteiger partial charge on any atom is 0.306 e. The van der Waals surface area contributed by atoms with Crippen molar-refractivity contribution in [3.8, 4) is 0 Å². The van der Waals surface area contributed by atoms with Crippen LogP contribution in [-0.4, -0.2) is 145 Å². The summed E-state index contributed by atoms with van der Waals surface area (Å²) in [6.07, 6.45) is 14.6. The van der Waals surface area contributed by atoms with Crippen molar-refractivity contribution >= 4 is 11.9 Å². The number of carbonyl (C=O) groups is 2. The van der Waals surface area contributed by atoms with Gasteiger partial charge in [-0.3, -0.25) is 9.59 Å². The minimum absolute atomic E-state index is 0.0328. The van der Waals surface area contributed by atoms with Crippen molar-refractivity contribution in [2.24, 2.45) is 64.6 Å². The molecule has 0 aromatic carbocycles. The molecule has 2 aliphatic heterocycles. The highest BCUT2D eigenvalue weighted by Crippen LogP contribution is 2.41. The number of nitrogens with zero attached hydrogens (tertiary/aromatic N) is 2. The van der Waals surface area contributed by atoms with Gasteiger partial charge in [0, 0.05) is 86.6 Å². The minimum Gasteiger partial charge on any atom is -0.513 e. The lowest BCUT2D eigenvalue weighted by molar-refractivity contribution is -0.153. The first-order valence-corrected chi connectivity index (χ1v) is 31.2. The molecule has 81 heavy (non-hydrogen) atoms. The van der Waals surface area contributed by atoms with Gasteiger partial charge in [0.25, 0.3) is 0 Å². The zero-order valence-electron chi connectivity index (χ0n) is 53.9. The number of ether oxygens (including phenoxy) is 1. The van der Waals surface area contributed by atoms with Crippen LogP contribution in [0.25, 0.3) is 0 Å². The monoisotopic (exact) mass is 1150 g/mol. The number of hydrogen-bond acceptors (Lipinski definition) is 13. The van der Waals surface area contributed by atoms with Crippen LogP contribution in [0.3, 0.4) is 0 Å². The maximum atomic E-state index is 10.6. The second kappa shape index (κ2) is 37.0. The molecule has 15 nitrogen and oxygen atoms in total. The van der Waals surface area contributed by atoms with E-state index in [1.807, 2.05) is 13.8 Å². The molecule has 7 rings (SSSR count). The molecular formula is C66H123N5O10. The standard InChI is InChI=1S/C11H21NO.C10H19NO.C10H18O.C9H17NO2.2C9H17NO.C8H14O3/c1-8(2)12-11-6-4-10(5-7-11)9(3)13;1-8(2)5-11-6-10(4,7-11)9(3)12;1-7(2)4-9-5-10(6-9)8(3)11;1-6(2)10-8-4-3-7(5-8)9(11)12;1-7(2)4-10-5-9(6-10)8(3)11;1-7(2)6-10-9(4-5-9)8(3)11;1-5(2)11-7-3-6(4-7)8(9)10/h8,10-13H,3-7H2,1-2H3;8,12H,3,5-7H2,1-2,4H3;7,9-11H,3-6H2,1-2H3;6-8,10H,3-5H2,1-2H3,(H,11,12);7,9,11H,3-6H2,1-2H3;7,10-11H,3-6H2,1-2H3;5-7H,3-4H2,1-2H3,(H,9,10). The molecule has 0 spiro atoms. The summed E-state index contributed by atoms with van der Waals surface area (Å²) < 4.78 is 5.40. The third-order valence-electron chi connectivity index (χ3n) is 16.2. The fourth-order valence-corrected chi connectivity index (χ4v) is 11.3. The van der Waals surface area contributed by atoms with E-state index < -0.39 is 11.9 Å². The largest absolute Gasteiger partial charge is 0.513 e. The second-order valence-electron chi connectivity index (χ2n) is 27.9. The van der Waals surface area contributed by atoms with Crippen LogP contribution in [0.15, 0.2) is 61.7 Å². The number of aliphatic hydroxyl groups excluding tert-OH is 5. The van der Waals surface area contributed by atoms with Crippen molar-refractivity contribution in [1.82, 2.24) is 25.8 Å². The van der Waals surface area contributed by atoms with Crippen molar-refractivity contribution in [3.05, 3.63) is 61.7 Å². The molecule has 0 radical (unpaired) electrons. The predicted octanol–water partition coefficient (Wildman–Crippen LogP) is 13.8. The van der Waals surface area contributed by atoms with Crippen LogP contribution >= 0.6 is 0 Å². The summed E-state index contributed by atoms with van der Waals surface area (Å²) >= 11 is 0. The number of hydrogen-bond donors (Lipinski definition) is 10. The lowest BCUT2D eigenvalue weighted by atomic mass is 9.71. The van der Waals surface area contributed by atoms with Crippen molar-refractivity contribution in [1.29, 1.82) is 0 Å². The van der Waals surface area contributed by atoms with E-state index in [9.17, 15) is 24.9 Å². The fraction of sp³-hybridized carbons (Fsp3) is 0.818. The van der Waals surface area contributed by atoms with Crippen LogP contribution in [-0.2, 0) is 14.3 Å². The lowest BCUT2D eigenvalue weighted by Gasteiger charge is -2.48. The van der Waals surface area contributed by atoms with E-state index in [1.165, 1.54) is 19.3 Å². The molecule has 0 aromatic rings. The highest BCUT2D eigenvalue weighted by Gasteiger charge is 2.45. The van der Waals surface area contributed by atoms with Crippen LogP contribution in [0.5, 0.6) is 0 Å². The van der Waals surface area contributed by atoms with Gasteiger partial charge in [-0.15, -0.1) is 0 Å². The lowest BCUT2D eigenvalue weighted by Crippen LogP contribution is -2.56. The molecule has 2 saturated heterocycles. The van der Waals surface area contributed by atoms with Crippen LogP contribution in [0.4, 0.5) is 0 Å². The molecule has 7 fully saturated rings. The van der Waals surface area contributed by atoms with Gasteiger partial charge in [0.2, 0.25) is 0 Å². The van der Waals surface area contributed by atoms with E-state index in [1.54, 1.807) is 0 Å². The molecule has 0 amide bonds. The first kappa shape index (κ1) is 75.4. The molecule has 5 saturated carbocycles. The Kier molecular flexibility index (Phi) is 34.4. The quantitative estimate of drug-likeness (QED) is 0.0455. The Morgan fingerprint density at radius 3 is 1.32 bits per heavy atom. The van der Waals surface area contributed by atoms with Crippen LogP contribution in [0.2, 0.25) is 0 Å². The maximum absolute atomic E-state index is 10.6. The van der Waals surface area contributed by atoms with Crippen LogP contribution in [0, 0.1) is 64.6 Å². The van der Waals surface area contributed by atoms with E-state index >= 15 is 0 Å². The van der Waals surface area contributed by atoms with E-state index in [4.69, 9.17) is 25.2 Å². The van der Waals surface area contributed by atoms with E-state index in [0.717, 1.165) is 121 Å². The van der Waals surface area contributed by atoms with Gasteiger partial charge in [-0.25, -0.2) is 0 Å². The van der Waals surface area contributed by atoms with Crippen molar-refractivity contribution in [2.75, 3.05) is 45.8 Å². The number of carboxylic acid groups (broad SMARTS) is 2. The smallest absolute Gasteiger partial charge is 0.306 e. The zero-order chi connectivity index (χ0) is 62.1. The Morgan fingerprint density at radius 1 is 0.519 bits per heavy atom. The molecule has 0 aromatic heterocycles. The van der Waals surface area contributed by atoms with E-state index in [2.05, 4.69) is 149 Å². The average Bonchev–Trinajstić information content (AvgIpc) is 3.95. The molecule has 2 unspecified atom stereocenters. The molecule has 2 atom stereocenters. The second-order valence-corrected chi connectivity index (χ2v) is 27.9. The summed E-state index contributed by atoms with van der Waals surface area (Å²) in [6, 6.07) is 2.10. The first-order valence-electron chi connectivity index (χ1n) is 31.2. The minimum atomic E-state index is -0.686. The van der Waals surface area contributed by atoms with Crippen molar-refractivity contribution in [2.45, 2.75) is 236 Å². The number of carboxylic acids is 2. The highest BCUT2D eigenvalue weighted by atomic mass is 16.5. The molecular weight excluding hydrogens is 1020 g/mol. The Bertz CT molecular complexity index is 1780. The molecule has 472 valence electrons. The zero-order valence-corrected chi connectivity index (χ0v) is 53.9. The van der Waals surface area contributed by atoms with Crippen molar-refractivity contribution < 1.29 is 50.1 Å². The molecule has 10 N–H and O–H groups in total. The Hall–Kier alpha value is -3.60. The third-order valence-corrected chi connectivity index (χ3v) is 16.2. The number of aliphatic carboxylic acids is 2. The summed E-state index contributed by atoms with van der Waals surface area (Å²) in [5.74, 6) is 5.00. The van der Waals surface area contributed by atoms with Gasteiger partial charge in [-0.1, -0.05) is 123 Å². The summed E-state index contributed by atoms with van der Waals surface area (Å²) in [6.45, 7) is 57.1. The van der Waals surface area contributed by atoms with Gasteiger partial charge in [-0.2, -0.15) is 0 Å². The number of aliphatic hydroxyl groups is 5. The number of nitrogens with one attached hydrogen (secondary N) is 3. The summed E-state index contributed by atoms with van der Waals surface area (Å²) in [7, 11) is 0. The van der Waals surface area contributed by atoms with Crippen molar-refractivity contribution in [3.63, 3.8) is 0 Å². The third kappa shape index (κ3) is 31.2. The van der Waals surface area contributed by atoms with Gasteiger partial charge < -0.3 is 66.2 Å². The van der Waals surface area contributed by atoms with E-state index in [-0.39, 0.29) is 35.0 Å². The Labute approximate surface area is 493 Å². The Balaban J connectivity index is 0.000000473. The molecule has 5 aliphatic carbocycles. The van der Waals surface area contributed by atoms with Gasteiger partial charge in [0.15, 0.2) is 0 Å². The SMILES string of the molecule is C=C(O)C1(C)CN(CC(C)C)C1.C=C(O)C1(NCC(C)C)CC1.C=C(O)C1CC(CC(C)C)C1.C=C(O)C1CCC(NC(C)C)CC1.C=C(O)C1CN(CC(C)C)C1.CC(C)NC1CCC(C(=O)O)C1.CC(C)OC1CC(C(=O)O)C1. The van der Waals surface area contributed by atoms with Crippen LogP contribution < -0.4 is 16.0 Å². The fourth-order valence-electron chi connectivity index (χ4n) is 11.3. The summed E-state index contributed by atoms with van der Waals surface area (Å²) in [4.78, 5) is 25.7. The number of rotatable bonds is 22. The van der Waals surface area contributed by atoms with Gasteiger partial charge >= 0.3 is 11.9 Å². The topological polar surface area (TPSA) is 228 Å². The predicted molar refractivity (Wildman–Crippen MR) is 335 cm³/mol. The summed E-state index contributed by atoms with van der Waals surface area (Å²) in [5.41, 5.74) is -0.140. The molecule has 0 bridgehead atoms. The van der Waals surface area contributed by atoms with E-state index in [0.29, 0.717) is 95.4 Å². The molecule has 15 heteroatoms. The van der Waals surface area contributed by atoms with Gasteiger partial charge in [0.05, 0.1) is 52.6 Å². The normalized spacial score (nSPS) is 26.0.